The third kappa shape index (κ3) is 2.79. The molecule has 132 valence electrons. The minimum absolute atomic E-state index is 0.0288. The fraction of sp³-hybridized carbons (Fsp3) is 0.526. The molecule has 1 saturated heterocycles. The molecule has 3 heterocycles. The predicted molar refractivity (Wildman–Crippen MR) is 96.8 cm³/mol. The first-order valence-corrected chi connectivity index (χ1v) is 9.05. The van der Waals surface area contributed by atoms with Gasteiger partial charge in [-0.25, -0.2) is 4.79 Å². The van der Waals surface area contributed by atoms with Crippen molar-refractivity contribution in [3.63, 3.8) is 0 Å². The van der Waals surface area contributed by atoms with E-state index in [2.05, 4.69) is 18.8 Å². The van der Waals surface area contributed by atoms with E-state index >= 15 is 0 Å². The summed E-state index contributed by atoms with van der Waals surface area (Å²) in [7, 11) is 0. The van der Waals surface area contributed by atoms with Gasteiger partial charge >= 0.3 is 6.03 Å². The first kappa shape index (κ1) is 16.1. The Labute approximate surface area is 148 Å². The summed E-state index contributed by atoms with van der Waals surface area (Å²) in [4.78, 5) is 35.5. The molecule has 0 radical (unpaired) electrons. The maximum absolute atomic E-state index is 12.9. The molecular formula is C19H24N4O2. The number of carbonyl (C=O) groups is 2. The van der Waals surface area contributed by atoms with Gasteiger partial charge in [-0.1, -0.05) is 26.0 Å². The van der Waals surface area contributed by atoms with E-state index in [1.807, 2.05) is 29.2 Å². The van der Waals surface area contributed by atoms with Gasteiger partial charge in [0, 0.05) is 25.2 Å². The quantitative estimate of drug-likeness (QED) is 0.829. The van der Waals surface area contributed by atoms with Crippen LogP contribution in [-0.2, 0) is 4.79 Å². The molecule has 2 atom stereocenters. The highest BCUT2D eigenvalue weighted by Gasteiger charge is 2.38. The van der Waals surface area contributed by atoms with Crippen LogP contribution in [0, 0.1) is 11.8 Å². The van der Waals surface area contributed by atoms with E-state index in [-0.39, 0.29) is 18.5 Å². The number of benzene rings is 1. The smallest absolute Gasteiger partial charge is 0.330 e. The maximum atomic E-state index is 12.9. The molecule has 0 spiro atoms. The SMILES string of the molecule is C[C@@H]1C[C@@H](C)CN(C(=O)CN2C(=O)N3CCN=C3c3ccccc32)C1. The highest BCUT2D eigenvalue weighted by Crippen LogP contribution is 2.31. The molecule has 3 aliphatic heterocycles. The van der Waals surface area contributed by atoms with Crippen molar-refractivity contribution in [1.29, 1.82) is 0 Å². The minimum Gasteiger partial charge on any atom is -0.341 e. The van der Waals surface area contributed by atoms with E-state index in [0.29, 0.717) is 24.9 Å². The van der Waals surface area contributed by atoms with Crippen LogP contribution in [0.1, 0.15) is 25.8 Å². The molecule has 4 rings (SSSR count). The Morgan fingerprint density at radius 3 is 2.68 bits per heavy atom. The van der Waals surface area contributed by atoms with Crippen molar-refractivity contribution in [2.45, 2.75) is 20.3 Å². The number of anilines is 1. The lowest BCUT2D eigenvalue weighted by Gasteiger charge is -2.38. The van der Waals surface area contributed by atoms with E-state index in [4.69, 9.17) is 0 Å². The van der Waals surface area contributed by atoms with Crippen LogP contribution < -0.4 is 4.90 Å². The summed E-state index contributed by atoms with van der Waals surface area (Å²) in [5.41, 5.74) is 1.73. The van der Waals surface area contributed by atoms with Gasteiger partial charge in [0.2, 0.25) is 5.91 Å². The number of likely N-dealkylation sites (tertiary alicyclic amines) is 1. The molecule has 0 aromatic heterocycles. The Balaban J connectivity index is 1.60. The first-order chi connectivity index (χ1) is 12.0. The molecule has 3 aliphatic rings. The fourth-order valence-electron chi connectivity index (χ4n) is 4.27. The second-order valence-electron chi connectivity index (χ2n) is 7.49. The maximum Gasteiger partial charge on any atom is 0.330 e. The van der Waals surface area contributed by atoms with Gasteiger partial charge in [0.1, 0.15) is 12.4 Å². The first-order valence-electron chi connectivity index (χ1n) is 9.05. The lowest BCUT2D eigenvalue weighted by Crippen LogP contribution is -2.54. The summed E-state index contributed by atoms with van der Waals surface area (Å²) >= 11 is 0. The summed E-state index contributed by atoms with van der Waals surface area (Å²) in [5, 5.41) is 0. The zero-order valence-corrected chi connectivity index (χ0v) is 14.8. The zero-order chi connectivity index (χ0) is 17.6. The van der Waals surface area contributed by atoms with Gasteiger partial charge < -0.3 is 4.90 Å². The minimum atomic E-state index is -0.138. The van der Waals surface area contributed by atoms with Crippen LogP contribution in [0.2, 0.25) is 0 Å². The molecular weight excluding hydrogens is 316 g/mol. The van der Waals surface area contributed by atoms with Gasteiger partial charge in [-0.2, -0.15) is 0 Å². The Bertz CT molecular complexity index is 735. The van der Waals surface area contributed by atoms with Crippen molar-refractivity contribution >= 4 is 23.5 Å². The lowest BCUT2D eigenvalue weighted by molar-refractivity contribution is -0.132. The summed E-state index contributed by atoms with van der Waals surface area (Å²) in [6, 6.07) is 7.59. The molecule has 0 bridgehead atoms. The average Bonchev–Trinajstić information content (AvgIpc) is 3.07. The van der Waals surface area contributed by atoms with Gasteiger partial charge in [0.05, 0.1) is 12.2 Å². The second kappa shape index (κ2) is 6.17. The standard InChI is InChI=1S/C19H24N4O2/c1-13-9-14(2)11-21(10-13)17(24)12-23-16-6-4-3-5-15(16)18-20-7-8-22(18)19(23)25/h3-6,13-14H,7-12H2,1-2H3/t13-,14-/m1/s1. The largest absolute Gasteiger partial charge is 0.341 e. The van der Waals surface area contributed by atoms with Crippen LogP contribution in [0.5, 0.6) is 0 Å². The fourth-order valence-corrected chi connectivity index (χ4v) is 4.27. The van der Waals surface area contributed by atoms with Crippen molar-refractivity contribution in [1.82, 2.24) is 9.80 Å². The van der Waals surface area contributed by atoms with Gasteiger partial charge in [0.15, 0.2) is 0 Å². The highest BCUT2D eigenvalue weighted by molar-refractivity contribution is 6.20. The average molecular weight is 340 g/mol. The molecule has 1 aromatic rings. The summed E-state index contributed by atoms with van der Waals surface area (Å²) in [5.74, 6) is 1.79. The number of hydrogen-bond acceptors (Lipinski definition) is 3. The number of aliphatic imine (C=N–C) groups is 1. The topological polar surface area (TPSA) is 56.2 Å². The van der Waals surface area contributed by atoms with Gasteiger partial charge in [-0.3, -0.25) is 19.6 Å². The molecule has 3 amide bonds. The van der Waals surface area contributed by atoms with E-state index < -0.39 is 0 Å². The lowest BCUT2D eigenvalue weighted by atomic mass is 9.92. The molecule has 6 heteroatoms. The van der Waals surface area contributed by atoms with Crippen LogP contribution in [0.25, 0.3) is 0 Å². The molecule has 0 saturated carbocycles. The third-order valence-corrected chi connectivity index (χ3v) is 5.25. The van der Waals surface area contributed by atoms with Crippen molar-refractivity contribution in [3.8, 4) is 0 Å². The summed E-state index contributed by atoms with van der Waals surface area (Å²) in [6.45, 7) is 7.24. The monoisotopic (exact) mass is 340 g/mol. The highest BCUT2D eigenvalue weighted by atomic mass is 16.2. The number of amidine groups is 1. The molecule has 0 N–H and O–H groups in total. The van der Waals surface area contributed by atoms with Crippen molar-refractivity contribution in [2.75, 3.05) is 37.6 Å². The van der Waals surface area contributed by atoms with Crippen LogP contribution in [-0.4, -0.2) is 60.3 Å². The molecule has 0 aliphatic carbocycles. The van der Waals surface area contributed by atoms with Crippen LogP contribution in [0.3, 0.4) is 0 Å². The van der Waals surface area contributed by atoms with E-state index in [1.165, 1.54) is 0 Å². The van der Waals surface area contributed by atoms with Gasteiger partial charge in [0.25, 0.3) is 0 Å². The molecule has 25 heavy (non-hydrogen) atoms. The number of fused-ring (bicyclic) bond motifs is 3. The Morgan fingerprint density at radius 2 is 1.92 bits per heavy atom. The van der Waals surface area contributed by atoms with Crippen molar-refractivity contribution in [3.05, 3.63) is 29.8 Å². The summed E-state index contributed by atoms with van der Waals surface area (Å²) < 4.78 is 0. The second-order valence-corrected chi connectivity index (χ2v) is 7.49. The molecule has 0 unspecified atom stereocenters. The van der Waals surface area contributed by atoms with E-state index in [0.717, 1.165) is 36.6 Å². The number of para-hydroxylation sites is 1. The number of hydrogen-bond donors (Lipinski definition) is 0. The van der Waals surface area contributed by atoms with E-state index in [9.17, 15) is 9.59 Å². The predicted octanol–water partition coefficient (Wildman–Crippen LogP) is 2.19. The van der Waals surface area contributed by atoms with Gasteiger partial charge in [-0.05, 0) is 30.4 Å². The molecule has 1 aromatic carbocycles. The van der Waals surface area contributed by atoms with E-state index in [1.54, 1.807) is 9.80 Å². The number of amides is 3. The summed E-state index contributed by atoms with van der Waals surface area (Å²) in [6.07, 6.45) is 1.16. The molecule has 6 nitrogen and oxygen atoms in total. The van der Waals surface area contributed by atoms with Gasteiger partial charge in [-0.15, -0.1) is 0 Å². The Morgan fingerprint density at radius 1 is 1.20 bits per heavy atom. The number of carbonyl (C=O) groups excluding carboxylic acids is 2. The Hall–Kier alpha value is -2.37. The number of urea groups is 1. The van der Waals surface area contributed by atoms with Crippen LogP contribution in [0.4, 0.5) is 10.5 Å². The third-order valence-electron chi connectivity index (χ3n) is 5.25. The van der Waals surface area contributed by atoms with Crippen molar-refractivity contribution in [2.24, 2.45) is 16.8 Å². The Kier molecular flexibility index (Phi) is 3.98. The van der Waals surface area contributed by atoms with Crippen LogP contribution >= 0.6 is 0 Å². The normalized spacial score (nSPS) is 25.6. The number of rotatable bonds is 2. The number of piperidine rings is 1. The molecule has 1 fully saturated rings. The number of nitrogens with zero attached hydrogens (tertiary/aromatic N) is 4. The zero-order valence-electron chi connectivity index (χ0n) is 14.8. The van der Waals surface area contributed by atoms with Crippen LogP contribution in [0.15, 0.2) is 29.3 Å². The van der Waals surface area contributed by atoms with Crippen molar-refractivity contribution < 1.29 is 9.59 Å².